The van der Waals surface area contributed by atoms with Gasteiger partial charge in [-0.25, -0.2) is 4.39 Å². The summed E-state index contributed by atoms with van der Waals surface area (Å²) in [6, 6.07) is 4.81. The van der Waals surface area contributed by atoms with Crippen molar-refractivity contribution in [3.63, 3.8) is 0 Å². The Balaban J connectivity index is 1.79. The maximum atomic E-state index is 13.1. The van der Waals surface area contributed by atoms with Gasteiger partial charge in [0.25, 0.3) is 0 Å². The van der Waals surface area contributed by atoms with Crippen molar-refractivity contribution in [2.24, 2.45) is 17.8 Å². The van der Waals surface area contributed by atoms with Gasteiger partial charge in [0, 0.05) is 0 Å². The molecule has 0 saturated heterocycles. The van der Waals surface area contributed by atoms with E-state index >= 15 is 0 Å². The second-order valence-electron chi connectivity index (χ2n) is 4.95. The van der Waals surface area contributed by atoms with Crippen LogP contribution in [0.25, 0.3) is 0 Å². The minimum Gasteiger partial charge on any atom is -0.388 e. The molecule has 0 aliphatic heterocycles. The fourth-order valence-corrected chi connectivity index (χ4v) is 3.66. The lowest BCUT2D eigenvalue weighted by atomic mass is 10.00. The molecule has 0 spiro atoms. The van der Waals surface area contributed by atoms with Crippen LogP contribution >= 0.6 is 15.9 Å². The molecule has 1 N–H and O–H groups in total. The average Bonchev–Trinajstić information content (AvgIpc) is 2.74. The lowest BCUT2D eigenvalue weighted by Crippen LogP contribution is -2.04. The van der Waals surface area contributed by atoms with Crippen LogP contribution in [0.1, 0.15) is 30.9 Å². The van der Waals surface area contributed by atoms with Crippen molar-refractivity contribution in [3.05, 3.63) is 34.1 Å². The van der Waals surface area contributed by atoms with Crippen LogP contribution in [0.4, 0.5) is 4.39 Å². The molecule has 1 nitrogen and oxygen atoms in total. The number of aliphatic hydroxyl groups excluding tert-OH is 1. The normalized spacial score (nSPS) is 33.6. The van der Waals surface area contributed by atoms with Gasteiger partial charge in [-0.2, -0.15) is 0 Å². The highest BCUT2D eigenvalue weighted by Crippen LogP contribution is 2.62. The number of halogens is 2. The highest BCUT2D eigenvalue weighted by Gasteiger charge is 2.55. The third-order valence-corrected chi connectivity index (χ3v) is 4.73. The summed E-state index contributed by atoms with van der Waals surface area (Å²) in [6.07, 6.45) is 3.42. The molecule has 2 aliphatic carbocycles. The van der Waals surface area contributed by atoms with Crippen molar-refractivity contribution in [2.75, 3.05) is 0 Å². The summed E-state index contributed by atoms with van der Waals surface area (Å²) in [7, 11) is 0. The maximum absolute atomic E-state index is 13.1. The van der Waals surface area contributed by atoms with Gasteiger partial charge < -0.3 is 5.11 Å². The van der Waals surface area contributed by atoms with Crippen molar-refractivity contribution in [1.29, 1.82) is 0 Å². The molecule has 3 rings (SSSR count). The van der Waals surface area contributed by atoms with Crippen molar-refractivity contribution in [1.82, 2.24) is 0 Å². The van der Waals surface area contributed by atoms with E-state index in [1.807, 2.05) is 0 Å². The van der Waals surface area contributed by atoms with E-state index in [0.717, 1.165) is 17.4 Å². The molecule has 16 heavy (non-hydrogen) atoms. The second-order valence-corrected chi connectivity index (χ2v) is 5.81. The van der Waals surface area contributed by atoms with Gasteiger partial charge in [-0.15, -0.1) is 0 Å². The largest absolute Gasteiger partial charge is 0.388 e. The minimum atomic E-state index is -0.410. The Morgan fingerprint density at radius 2 is 2.00 bits per heavy atom. The molecule has 3 heteroatoms. The number of rotatable bonds is 2. The van der Waals surface area contributed by atoms with Crippen molar-refractivity contribution in [2.45, 2.75) is 25.4 Å². The smallest absolute Gasteiger partial charge is 0.137 e. The SMILES string of the molecule is OC(c1ccc(F)c(Br)c1)C1C2CCCC21. The van der Waals surface area contributed by atoms with Gasteiger partial charge in [0.05, 0.1) is 10.6 Å². The molecule has 0 aromatic heterocycles. The molecular formula is C13H14BrFO. The van der Waals surface area contributed by atoms with Crippen molar-refractivity contribution >= 4 is 15.9 Å². The molecule has 0 heterocycles. The first-order chi connectivity index (χ1) is 7.68. The van der Waals surface area contributed by atoms with Crippen molar-refractivity contribution < 1.29 is 9.50 Å². The Morgan fingerprint density at radius 1 is 1.31 bits per heavy atom. The van der Waals surface area contributed by atoms with Gasteiger partial charge in [-0.3, -0.25) is 0 Å². The molecule has 2 aliphatic rings. The van der Waals surface area contributed by atoms with Crippen LogP contribution < -0.4 is 0 Å². The second kappa shape index (κ2) is 3.81. The zero-order valence-corrected chi connectivity index (χ0v) is 10.5. The van der Waals surface area contributed by atoms with Gasteiger partial charge >= 0.3 is 0 Å². The van der Waals surface area contributed by atoms with E-state index in [4.69, 9.17) is 0 Å². The van der Waals surface area contributed by atoms with E-state index in [1.54, 1.807) is 12.1 Å². The first-order valence-corrected chi connectivity index (χ1v) is 6.61. The number of aliphatic hydroxyl groups is 1. The van der Waals surface area contributed by atoms with E-state index < -0.39 is 6.10 Å². The van der Waals surface area contributed by atoms with E-state index in [2.05, 4.69) is 15.9 Å². The lowest BCUT2D eigenvalue weighted by Gasteiger charge is -2.13. The Morgan fingerprint density at radius 3 is 2.62 bits per heavy atom. The van der Waals surface area contributed by atoms with Gasteiger partial charge in [-0.1, -0.05) is 12.5 Å². The third kappa shape index (κ3) is 1.61. The van der Waals surface area contributed by atoms with E-state index in [9.17, 15) is 9.50 Å². The molecule has 1 aromatic rings. The first kappa shape index (κ1) is 10.7. The number of benzene rings is 1. The molecule has 0 bridgehead atoms. The molecule has 2 saturated carbocycles. The van der Waals surface area contributed by atoms with Crippen LogP contribution in [0.5, 0.6) is 0 Å². The highest BCUT2D eigenvalue weighted by molar-refractivity contribution is 9.10. The van der Waals surface area contributed by atoms with Gasteiger partial charge in [0.15, 0.2) is 0 Å². The molecule has 0 radical (unpaired) electrons. The summed E-state index contributed by atoms with van der Waals surface area (Å²) in [5, 5.41) is 10.2. The molecule has 0 amide bonds. The number of fused-ring (bicyclic) bond motifs is 1. The zero-order valence-electron chi connectivity index (χ0n) is 8.87. The molecular weight excluding hydrogens is 271 g/mol. The Labute approximate surface area is 103 Å². The predicted molar refractivity (Wildman–Crippen MR) is 63.4 cm³/mol. The summed E-state index contributed by atoms with van der Waals surface area (Å²) in [5.41, 5.74) is 0.840. The summed E-state index contributed by atoms with van der Waals surface area (Å²) in [5.74, 6) is 1.59. The number of hydrogen-bond acceptors (Lipinski definition) is 1. The quantitative estimate of drug-likeness (QED) is 0.879. The predicted octanol–water partition coefficient (Wildman–Crippen LogP) is 3.67. The Hall–Kier alpha value is -0.410. The lowest BCUT2D eigenvalue weighted by molar-refractivity contribution is 0.137. The van der Waals surface area contributed by atoms with E-state index in [1.165, 1.54) is 25.3 Å². The zero-order chi connectivity index (χ0) is 11.3. The average molecular weight is 285 g/mol. The van der Waals surface area contributed by atoms with Gasteiger partial charge in [-0.05, 0) is 64.2 Å². The van der Waals surface area contributed by atoms with Crippen molar-refractivity contribution in [3.8, 4) is 0 Å². The van der Waals surface area contributed by atoms with Gasteiger partial charge in [0.1, 0.15) is 5.82 Å². The topological polar surface area (TPSA) is 20.2 Å². The summed E-state index contributed by atoms with van der Waals surface area (Å²) in [6.45, 7) is 0. The summed E-state index contributed by atoms with van der Waals surface area (Å²) in [4.78, 5) is 0. The van der Waals surface area contributed by atoms with E-state index in [0.29, 0.717) is 10.4 Å². The van der Waals surface area contributed by atoms with Crippen LogP contribution in [0.15, 0.2) is 22.7 Å². The maximum Gasteiger partial charge on any atom is 0.137 e. The number of hydrogen-bond donors (Lipinski definition) is 1. The third-order valence-electron chi connectivity index (χ3n) is 4.12. The molecule has 3 atom stereocenters. The molecule has 3 unspecified atom stereocenters. The van der Waals surface area contributed by atoms with Crippen LogP contribution in [0.3, 0.4) is 0 Å². The monoisotopic (exact) mass is 284 g/mol. The minimum absolute atomic E-state index is 0.271. The fraction of sp³-hybridized carbons (Fsp3) is 0.538. The standard InChI is InChI=1S/C13H14BrFO/c14-10-6-7(4-5-11(10)15)13(16)12-8-2-1-3-9(8)12/h4-6,8-9,12-13,16H,1-3H2. The first-order valence-electron chi connectivity index (χ1n) is 5.81. The summed E-state index contributed by atoms with van der Waals surface area (Å²) >= 11 is 3.16. The molecule has 86 valence electrons. The Kier molecular flexibility index (Phi) is 2.55. The van der Waals surface area contributed by atoms with Crippen LogP contribution in [0, 0.1) is 23.6 Å². The molecule has 2 fully saturated rings. The molecule has 1 aromatic carbocycles. The highest BCUT2D eigenvalue weighted by atomic mass is 79.9. The van der Waals surface area contributed by atoms with Gasteiger partial charge in [0.2, 0.25) is 0 Å². The van der Waals surface area contributed by atoms with Crippen LogP contribution in [-0.4, -0.2) is 5.11 Å². The van der Waals surface area contributed by atoms with Crippen LogP contribution in [0.2, 0.25) is 0 Å². The fourth-order valence-electron chi connectivity index (χ4n) is 3.26. The van der Waals surface area contributed by atoms with E-state index in [-0.39, 0.29) is 5.82 Å². The van der Waals surface area contributed by atoms with Crippen LogP contribution in [-0.2, 0) is 0 Å². The Bertz CT molecular complexity index is 410. The summed E-state index contributed by atoms with van der Waals surface area (Å²) < 4.78 is 13.5.